The maximum Gasteiger partial charge on any atom is 0.242 e. The number of nitrogens with two attached hydrogens (primary N) is 1. The number of hydrogen-bond donors (Lipinski definition) is 2. The molecule has 0 spiro atoms. The number of hydrogen-bond acceptors (Lipinski definition) is 6. The molecule has 0 amide bonds. The van der Waals surface area contributed by atoms with E-state index in [1.807, 2.05) is 4.90 Å². The van der Waals surface area contributed by atoms with Crippen LogP contribution >= 0.6 is 0 Å². The van der Waals surface area contributed by atoms with E-state index < -0.39 is 10.0 Å². The zero-order chi connectivity index (χ0) is 15.9. The quantitative estimate of drug-likeness (QED) is 0.678. The smallest absolute Gasteiger partial charge is 0.242 e. The number of nitriles is 1. The lowest BCUT2D eigenvalue weighted by molar-refractivity contribution is 0.205. The predicted octanol–water partition coefficient (Wildman–Crippen LogP) is 0.543. The molecule has 0 atom stereocenters. The molecule has 0 bridgehead atoms. The van der Waals surface area contributed by atoms with E-state index in [4.69, 9.17) is 15.7 Å². The van der Waals surface area contributed by atoms with Crippen molar-refractivity contribution in [1.82, 2.24) is 4.72 Å². The van der Waals surface area contributed by atoms with Gasteiger partial charge < -0.3 is 15.4 Å². The standard InChI is InChI=1S/C13H20N4O3S/c1-16-21(18,19)13-5-4-11(10-12(13)15)17(7-3-6-14)8-9-20-2/h4-5,10,16H,3,7-9,15H2,1-2H3. The Morgan fingerprint density at radius 2 is 2.14 bits per heavy atom. The molecule has 0 heterocycles. The molecule has 0 aliphatic heterocycles. The number of ether oxygens (including phenoxy) is 1. The summed E-state index contributed by atoms with van der Waals surface area (Å²) in [6.07, 6.45) is 0.361. The Labute approximate surface area is 125 Å². The van der Waals surface area contributed by atoms with Crippen molar-refractivity contribution in [3.63, 3.8) is 0 Å². The molecule has 0 radical (unpaired) electrons. The summed E-state index contributed by atoms with van der Waals surface area (Å²) < 4.78 is 30.8. The molecule has 3 N–H and O–H groups in total. The van der Waals surface area contributed by atoms with Crippen molar-refractivity contribution < 1.29 is 13.2 Å². The maximum absolute atomic E-state index is 11.8. The molecule has 7 nitrogen and oxygen atoms in total. The molecule has 1 aromatic rings. The number of nitrogen functional groups attached to an aromatic ring is 1. The third-order valence-corrected chi connectivity index (χ3v) is 4.46. The van der Waals surface area contributed by atoms with Gasteiger partial charge in [0.15, 0.2) is 0 Å². The van der Waals surface area contributed by atoms with E-state index in [9.17, 15) is 8.42 Å². The van der Waals surface area contributed by atoms with Crippen molar-refractivity contribution in [2.75, 3.05) is 44.5 Å². The van der Waals surface area contributed by atoms with Gasteiger partial charge in [-0.2, -0.15) is 5.26 Å². The van der Waals surface area contributed by atoms with E-state index in [0.29, 0.717) is 26.1 Å². The Bertz CT molecular complexity index is 610. The Morgan fingerprint density at radius 1 is 1.43 bits per heavy atom. The van der Waals surface area contributed by atoms with Crippen LogP contribution in [0.2, 0.25) is 0 Å². The van der Waals surface area contributed by atoms with Crippen LogP contribution < -0.4 is 15.4 Å². The lowest BCUT2D eigenvalue weighted by Crippen LogP contribution is -2.28. The van der Waals surface area contributed by atoms with Gasteiger partial charge in [0.1, 0.15) is 4.90 Å². The van der Waals surface area contributed by atoms with Crippen molar-refractivity contribution in [1.29, 1.82) is 5.26 Å². The molecular formula is C13H20N4O3S. The van der Waals surface area contributed by atoms with Gasteiger partial charge in [-0.05, 0) is 25.2 Å². The molecule has 0 unspecified atom stereocenters. The Balaban J connectivity index is 3.06. The SMILES string of the molecule is CNS(=O)(=O)c1ccc(N(CCC#N)CCOC)cc1N. The van der Waals surface area contributed by atoms with Crippen LogP contribution in [-0.4, -0.2) is 42.3 Å². The summed E-state index contributed by atoms with van der Waals surface area (Å²) in [6, 6.07) is 6.81. The largest absolute Gasteiger partial charge is 0.398 e. The van der Waals surface area contributed by atoms with Gasteiger partial charge in [0.25, 0.3) is 0 Å². The number of methoxy groups -OCH3 is 1. The number of nitrogens with one attached hydrogen (secondary N) is 1. The molecule has 8 heteroatoms. The fourth-order valence-electron chi connectivity index (χ4n) is 1.84. The van der Waals surface area contributed by atoms with Crippen LogP contribution in [0.4, 0.5) is 11.4 Å². The highest BCUT2D eigenvalue weighted by molar-refractivity contribution is 7.89. The van der Waals surface area contributed by atoms with Gasteiger partial charge in [0.05, 0.1) is 24.8 Å². The second-order valence-corrected chi connectivity index (χ2v) is 6.17. The Kier molecular flexibility index (Phi) is 6.42. The van der Waals surface area contributed by atoms with Crippen LogP contribution in [0.5, 0.6) is 0 Å². The molecule has 0 aliphatic rings. The van der Waals surface area contributed by atoms with E-state index in [-0.39, 0.29) is 10.6 Å². The summed E-state index contributed by atoms with van der Waals surface area (Å²) in [7, 11) is -0.645. The summed E-state index contributed by atoms with van der Waals surface area (Å²) in [5, 5.41) is 8.70. The van der Waals surface area contributed by atoms with Crippen LogP contribution in [0.15, 0.2) is 23.1 Å². The van der Waals surface area contributed by atoms with Crippen molar-refractivity contribution in [2.45, 2.75) is 11.3 Å². The van der Waals surface area contributed by atoms with Gasteiger partial charge in [0.2, 0.25) is 10.0 Å². The van der Waals surface area contributed by atoms with Crippen molar-refractivity contribution in [2.24, 2.45) is 0 Å². The lowest BCUT2D eigenvalue weighted by Gasteiger charge is -2.24. The molecule has 0 aliphatic carbocycles. The average Bonchev–Trinajstić information content (AvgIpc) is 2.47. The van der Waals surface area contributed by atoms with Crippen molar-refractivity contribution in [3.05, 3.63) is 18.2 Å². The predicted molar refractivity (Wildman–Crippen MR) is 81.4 cm³/mol. The molecule has 0 saturated carbocycles. The minimum atomic E-state index is -3.58. The van der Waals surface area contributed by atoms with Gasteiger partial charge in [0, 0.05) is 25.9 Å². The highest BCUT2D eigenvalue weighted by Gasteiger charge is 2.16. The molecule has 0 aromatic heterocycles. The van der Waals surface area contributed by atoms with Crippen molar-refractivity contribution in [3.8, 4) is 6.07 Å². The van der Waals surface area contributed by atoms with Gasteiger partial charge in [-0.3, -0.25) is 0 Å². The highest BCUT2D eigenvalue weighted by Crippen LogP contribution is 2.24. The average molecular weight is 312 g/mol. The van der Waals surface area contributed by atoms with E-state index in [0.717, 1.165) is 5.69 Å². The monoisotopic (exact) mass is 312 g/mol. The van der Waals surface area contributed by atoms with Gasteiger partial charge in [-0.1, -0.05) is 0 Å². The Hall–Kier alpha value is -1.82. The summed E-state index contributed by atoms with van der Waals surface area (Å²) in [5.41, 5.74) is 6.76. The first-order chi connectivity index (χ1) is 9.96. The molecule has 1 rings (SSSR count). The second kappa shape index (κ2) is 7.83. The topological polar surface area (TPSA) is 108 Å². The first-order valence-electron chi connectivity index (χ1n) is 6.40. The van der Waals surface area contributed by atoms with Gasteiger partial charge in [-0.25, -0.2) is 13.1 Å². The number of benzene rings is 1. The van der Waals surface area contributed by atoms with Crippen LogP contribution in [0.3, 0.4) is 0 Å². The van der Waals surface area contributed by atoms with Crippen LogP contribution in [-0.2, 0) is 14.8 Å². The minimum absolute atomic E-state index is 0.0423. The second-order valence-electron chi connectivity index (χ2n) is 4.32. The van der Waals surface area contributed by atoms with Gasteiger partial charge in [-0.15, -0.1) is 0 Å². The van der Waals surface area contributed by atoms with Crippen LogP contribution in [0.1, 0.15) is 6.42 Å². The Morgan fingerprint density at radius 3 is 2.67 bits per heavy atom. The zero-order valence-corrected chi connectivity index (χ0v) is 13.0. The zero-order valence-electron chi connectivity index (χ0n) is 12.2. The van der Waals surface area contributed by atoms with E-state index >= 15 is 0 Å². The minimum Gasteiger partial charge on any atom is -0.398 e. The van der Waals surface area contributed by atoms with Crippen LogP contribution in [0, 0.1) is 11.3 Å². The number of sulfonamides is 1. The molecular weight excluding hydrogens is 292 g/mol. The normalized spacial score (nSPS) is 11.1. The van der Waals surface area contributed by atoms with E-state index in [2.05, 4.69) is 10.8 Å². The van der Waals surface area contributed by atoms with Crippen LogP contribution in [0.25, 0.3) is 0 Å². The van der Waals surface area contributed by atoms with E-state index in [1.54, 1.807) is 19.2 Å². The summed E-state index contributed by atoms with van der Waals surface area (Å²) in [4.78, 5) is 1.97. The number of rotatable bonds is 8. The maximum atomic E-state index is 11.8. The molecule has 116 valence electrons. The summed E-state index contributed by atoms with van der Waals surface area (Å²) in [5.74, 6) is 0. The third kappa shape index (κ3) is 4.60. The molecule has 21 heavy (non-hydrogen) atoms. The van der Waals surface area contributed by atoms with Crippen molar-refractivity contribution >= 4 is 21.4 Å². The lowest BCUT2D eigenvalue weighted by atomic mass is 10.2. The third-order valence-electron chi connectivity index (χ3n) is 2.98. The van der Waals surface area contributed by atoms with E-state index in [1.165, 1.54) is 13.1 Å². The fraction of sp³-hybridized carbons (Fsp3) is 0.462. The molecule has 0 fully saturated rings. The first kappa shape index (κ1) is 17.2. The highest BCUT2D eigenvalue weighted by atomic mass is 32.2. The molecule has 0 saturated heterocycles. The summed E-state index contributed by atoms with van der Waals surface area (Å²) >= 11 is 0. The number of anilines is 2. The first-order valence-corrected chi connectivity index (χ1v) is 7.88. The van der Waals surface area contributed by atoms with Gasteiger partial charge >= 0.3 is 0 Å². The number of nitrogens with zero attached hydrogens (tertiary/aromatic N) is 2. The summed E-state index contributed by atoms with van der Waals surface area (Å²) in [6.45, 7) is 1.62. The molecule has 1 aromatic carbocycles. The fourth-order valence-corrected chi connectivity index (χ4v) is 2.68.